The summed E-state index contributed by atoms with van der Waals surface area (Å²) in [5.74, 6) is -0.498. The Morgan fingerprint density at radius 2 is 2.29 bits per heavy atom. The molecule has 0 saturated heterocycles. The fourth-order valence-electron chi connectivity index (χ4n) is 2.76. The van der Waals surface area contributed by atoms with Crippen LogP contribution in [-0.4, -0.2) is 20.9 Å². The number of carboxylic acids is 1. The number of carbonyl (C=O) groups is 1. The van der Waals surface area contributed by atoms with Crippen LogP contribution in [0.1, 0.15) is 38.2 Å². The van der Waals surface area contributed by atoms with Gasteiger partial charge in [0.05, 0.1) is 12.1 Å². The van der Waals surface area contributed by atoms with Crippen molar-refractivity contribution in [1.29, 1.82) is 0 Å². The van der Waals surface area contributed by atoms with E-state index in [-0.39, 0.29) is 11.8 Å². The topological polar surface area (TPSA) is 55.1 Å². The van der Waals surface area contributed by atoms with Crippen LogP contribution in [0.5, 0.6) is 0 Å². The van der Waals surface area contributed by atoms with E-state index in [1.54, 1.807) is 0 Å². The van der Waals surface area contributed by atoms with Gasteiger partial charge in [-0.25, -0.2) is 0 Å². The number of carboxylic acid groups (broad SMARTS) is 1. The number of aromatic nitrogens is 2. The monoisotopic (exact) mass is 236 g/mol. The molecular weight excluding hydrogens is 216 g/mol. The third-order valence-corrected chi connectivity index (χ3v) is 3.73. The van der Waals surface area contributed by atoms with Gasteiger partial charge in [0.1, 0.15) is 0 Å². The van der Waals surface area contributed by atoms with E-state index in [0.717, 1.165) is 38.6 Å². The summed E-state index contributed by atoms with van der Waals surface area (Å²) in [5, 5.41) is 13.5. The normalized spacial score (nSPS) is 24.8. The standard InChI is InChI=1S/C13H20N2O2/c1-2-15-9-10(8-14-15)7-11-5-3-4-6-12(11)13(16)17/h8-9,11-12H,2-7H2,1H3,(H,16,17). The van der Waals surface area contributed by atoms with Crippen molar-refractivity contribution in [2.45, 2.75) is 45.6 Å². The van der Waals surface area contributed by atoms with Gasteiger partial charge in [-0.15, -0.1) is 0 Å². The van der Waals surface area contributed by atoms with Crippen molar-refractivity contribution in [3.05, 3.63) is 18.0 Å². The fourth-order valence-corrected chi connectivity index (χ4v) is 2.76. The first-order valence-corrected chi connectivity index (χ1v) is 6.45. The highest BCUT2D eigenvalue weighted by Crippen LogP contribution is 2.32. The van der Waals surface area contributed by atoms with E-state index >= 15 is 0 Å². The summed E-state index contributed by atoms with van der Waals surface area (Å²) in [5.41, 5.74) is 1.17. The summed E-state index contributed by atoms with van der Waals surface area (Å²) in [6.07, 6.45) is 8.86. The van der Waals surface area contributed by atoms with Gasteiger partial charge in [-0.2, -0.15) is 5.10 Å². The summed E-state index contributed by atoms with van der Waals surface area (Å²) < 4.78 is 1.90. The van der Waals surface area contributed by atoms with Gasteiger partial charge in [0, 0.05) is 12.7 Å². The van der Waals surface area contributed by atoms with E-state index in [2.05, 4.69) is 12.0 Å². The number of hydrogen-bond acceptors (Lipinski definition) is 2. The van der Waals surface area contributed by atoms with Crippen molar-refractivity contribution < 1.29 is 9.90 Å². The lowest BCUT2D eigenvalue weighted by Gasteiger charge is -2.28. The second-order valence-corrected chi connectivity index (χ2v) is 4.90. The smallest absolute Gasteiger partial charge is 0.306 e. The van der Waals surface area contributed by atoms with E-state index in [0.29, 0.717) is 0 Å². The zero-order valence-corrected chi connectivity index (χ0v) is 10.3. The van der Waals surface area contributed by atoms with Crippen LogP contribution in [0.3, 0.4) is 0 Å². The summed E-state index contributed by atoms with van der Waals surface area (Å²) in [6.45, 7) is 2.92. The summed E-state index contributed by atoms with van der Waals surface area (Å²) in [4.78, 5) is 11.2. The van der Waals surface area contributed by atoms with Gasteiger partial charge in [-0.1, -0.05) is 12.8 Å². The van der Waals surface area contributed by atoms with Gasteiger partial charge in [0.25, 0.3) is 0 Å². The highest BCUT2D eigenvalue weighted by molar-refractivity contribution is 5.70. The first-order chi connectivity index (χ1) is 8.20. The lowest BCUT2D eigenvalue weighted by Crippen LogP contribution is -2.28. The van der Waals surface area contributed by atoms with Crippen LogP contribution in [0.25, 0.3) is 0 Å². The Balaban J connectivity index is 2.02. The fraction of sp³-hybridized carbons (Fsp3) is 0.692. The van der Waals surface area contributed by atoms with Crippen LogP contribution in [-0.2, 0) is 17.8 Å². The molecule has 1 saturated carbocycles. The zero-order valence-electron chi connectivity index (χ0n) is 10.3. The van der Waals surface area contributed by atoms with E-state index in [1.165, 1.54) is 5.56 Å². The van der Waals surface area contributed by atoms with Gasteiger partial charge in [-0.3, -0.25) is 9.48 Å². The van der Waals surface area contributed by atoms with E-state index in [4.69, 9.17) is 0 Å². The molecule has 1 aliphatic carbocycles. The Labute approximate surface area is 102 Å². The number of rotatable bonds is 4. The highest BCUT2D eigenvalue weighted by Gasteiger charge is 2.30. The Kier molecular flexibility index (Phi) is 3.82. The molecule has 1 aromatic heterocycles. The predicted octanol–water partition coefficient (Wildman–Crippen LogP) is 2.34. The van der Waals surface area contributed by atoms with Gasteiger partial charge >= 0.3 is 5.97 Å². The molecule has 94 valence electrons. The largest absolute Gasteiger partial charge is 0.481 e. The molecule has 0 aromatic carbocycles. The minimum atomic E-state index is -0.627. The Hall–Kier alpha value is -1.32. The molecule has 0 aliphatic heterocycles. The molecule has 1 heterocycles. The van der Waals surface area contributed by atoms with Gasteiger partial charge < -0.3 is 5.11 Å². The van der Waals surface area contributed by atoms with Crippen molar-refractivity contribution >= 4 is 5.97 Å². The molecule has 1 N–H and O–H groups in total. The minimum absolute atomic E-state index is 0.159. The van der Waals surface area contributed by atoms with Crippen molar-refractivity contribution in [3.63, 3.8) is 0 Å². The average Bonchev–Trinajstić information content (AvgIpc) is 2.77. The summed E-state index contributed by atoms with van der Waals surface area (Å²) in [7, 11) is 0. The Morgan fingerprint density at radius 3 is 2.94 bits per heavy atom. The average molecular weight is 236 g/mol. The Bertz CT molecular complexity index is 387. The molecule has 0 radical (unpaired) electrons. The number of hydrogen-bond donors (Lipinski definition) is 1. The third kappa shape index (κ3) is 2.87. The lowest BCUT2D eigenvalue weighted by molar-refractivity contribution is -0.144. The summed E-state index contributed by atoms with van der Waals surface area (Å²) >= 11 is 0. The number of aliphatic carboxylic acids is 1. The summed E-state index contributed by atoms with van der Waals surface area (Å²) in [6, 6.07) is 0. The predicted molar refractivity (Wildman–Crippen MR) is 64.7 cm³/mol. The molecule has 1 aliphatic rings. The quantitative estimate of drug-likeness (QED) is 0.873. The Morgan fingerprint density at radius 1 is 1.53 bits per heavy atom. The maximum atomic E-state index is 11.2. The van der Waals surface area contributed by atoms with E-state index in [1.807, 2.05) is 17.1 Å². The van der Waals surface area contributed by atoms with Crippen LogP contribution in [0.2, 0.25) is 0 Å². The molecule has 0 amide bonds. The highest BCUT2D eigenvalue weighted by atomic mass is 16.4. The van der Waals surface area contributed by atoms with E-state index in [9.17, 15) is 9.90 Å². The third-order valence-electron chi connectivity index (χ3n) is 3.73. The van der Waals surface area contributed by atoms with Gasteiger partial charge in [0.15, 0.2) is 0 Å². The zero-order chi connectivity index (χ0) is 12.3. The minimum Gasteiger partial charge on any atom is -0.481 e. The van der Waals surface area contributed by atoms with Crippen LogP contribution >= 0.6 is 0 Å². The first kappa shape index (κ1) is 12.1. The van der Waals surface area contributed by atoms with Crippen molar-refractivity contribution in [1.82, 2.24) is 9.78 Å². The van der Waals surface area contributed by atoms with Crippen LogP contribution in [0, 0.1) is 11.8 Å². The molecule has 2 unspecified atom stereocenters. The number of nitrogens with zero attached hydrogens (tertiary/aromatic N) is 2. The van der Waals surface area contributed by atoms with Crippen LogP contribution < -0.4 is 0 Å². The molecule has 4 heteroatoms. The second-order valence-electron chi connectivity index (χ2n) is 4.90. The molecule has 1 fully saturated rings. The van der Waals surface area contributed by atoms with Crippen LogP contribution in [0.15, 0.2) is 12.4 Å². The molecule has 17 heavy (non-hydrogen) atoms. The number of aryl methyl sites for hydroxylation is 1. The molecular formula is C13H20N2O2. The lowest BCUT2D eigenvalue weighted by atomic mass is 9.76. The van der Waals surface area contributed by atoms with Crippen LogP contribution in [0.4, 0.5) is 0 Å². The van der Waals surface area contributed by atoms with Crippen molar-refractivity contribution in [3.8, 4) is 0 Å². The van der Waals surface area contributed by atoms with Crippen molar-refractivity contribution in [2.75, 3.05) is 0 Å². The molecule has 2 rings (SSSR count). The first-order valence-electron chi connectivity index (χ1n) is 6.45. The maximum absolute atomic E-state index is 11.2. The second kappa shape index (κ2) is 5.34. The van der Waals surface area contributed by atoms with Crippen molar-refractivity contribution in [2.24, 2.45) is 11.8 Å². The molecule has 0 bridgehead atoms. The maximum Gasteiger partial charge on any atom is 0.306 e. The van der Waals surface area contributed by atoms with Gasteiger partial charge in [-0.05, 0) is 37.7 Å². The molecule has 4 nitrogen and oxygen atoms in total. The SMILES string of the molecule is CCn1cc(CC2CCCCC2C(=O)O)cn1. The molecule has 0 spiro atoms. The molecule has 1 aromatic rings. The molecule has 2 atom stereocenters. The van der Waals surface area contributed by atoms with E-state index < -0.39 is 5.97 Å². The van der Waals surface area contributed by atoms with Gasteiger partial charge in [0.2, 0.25) is 0 Å².